The number of phosphoric acid groups is 1. The second kappa shape index (κ2) is 10.8. The maximum atomic E-state index is 13.4. The van der Waals surface area contributed by atoms with Crippen LogP contribution in [0.25, 0.3) is 22.3 Å². The van der Waals surface area contributed by atoms with Crippen molar-refractivity contribution in [3.05, 3.63) is 57.4 Å². The Balaban J connectivity index is 1.49. The number of pyridine rings is 2. The highest BCUT2D eigenvalue weighted by Gasteiger charge is 2.45. The van der Waals surface area contributed by atoms with Crippen molar-refractivity contribution < 1.29 is 32.8 Å². The molecule has 5 rings (SSSR count). The summed E-state index contributed by atoms with van der Waals surface area (Å²) in [5.74, 6) is -0.430. The van der Waals surface area contributed by atoms with Gasteiger partial charge < -0.3 is 18.9 Å². The van der Waals surface area contributed by atoms with E-state index in [4.69, 9.17) is 23.3 Å². The summed E-state index contributed by atoms with van der Waals surface area (Å²) in [6, 6.07) is 8.71. The quantitative estimate of drug-likeness (QED) is 0.151. The first kappa shape index (κ1) is 27.5. The standard InChI is InChI=1S/C28H33N2O8P/c1-4-7-11-36-39(34,37-12-8-5-2)38-20-9-10-23-18(14-20)13-19-16-30-24(25(19)29-23)15-22-21(26(30)31)17-35-27(32)28(22,33)6-3/h9-10,13-15,33H,4-8,11-12,16-17H2,1-3H3/t28-/m0/s1. The molecule has 0 saturated heterocycles. The van der Waals surface area contributed by atoms with E-state index < -0.39 is 19.4 Å². The molecule has 3 aromatic rings. The molecule has 39 heavy (non-hydrogen) atoms. The number of esters is 1. The Hall–Kier alpha value is -3.04. The minimum atomic E-state index is -3.81. The minimum Gasteiger partial charge on any atom is -0.458 e. The number of hydrogen-bond donors (Lipinski definition) is 1. The summed E-state index contributed by atoms with van der Waals surface area (Å²) >= 11 is 0. The second-order valence-corrected chi connectivity index (χ2v) is 11.5. The van der Waals surface area contributed by atoms with Gasteiger partial charge in [0, 0.05) is 16.5 Å². The summed E-state index contributed by atoms with van der Waals surface area (Å²) in [6.07, 6.45) is 3.32. The van der Waals surface area contributed by atoms with E-state index in [0.717, 1.165) is 36.6 Å². The Morgan fingerprint density at radius 2 is 1.79 bits per heavy atom. The Kier molecular flexibility index (Phi) is 7.66. The maximum Gasteiger partial charge on any atom is 0.530 e. The highest BCUT2D eigenvalue weighted by molar-refractivity contribution is 7.48. The molecule has 0 radical (unpaired) electrons. The zero-order chi connectivity index (χ0) is 27.8. The number of benzene rings is 1. The van der Waals surface area contributed by atoms with E-state index in [1.54, 1.807) is 35.8 Å². The molecule has 2 aliphatic heterocycles. The molecule has 208 valence electrons. The molecule has 2 aromatic heterocycles. The number of aliphatic hydroxyl groups is 1. The molecule has 11 heteroatoms. The first-order valence-electron chi connectivity index (χ1n) is 13.4. The number of unbranched alkanes of at least 4 members (excludes halogenated alkanes) is 2. The topological polar surface area (TPSA) is 126 Å². The number of hydrogen-bond acceptors (Lipinski definition) is 9. The normalized spacial score (nSPS) is 18.0. The van der Waals surface area contributed by atoms with Gasteiger partial charge in [-0.05, 0) is 49.6 Å². The van der Waals surface area contributed by atoms with Crippen LogP contribution in [0, 0.1) is 0 Å². The third-order valence-corrected chi connectivity index (χ3v) is 8.62. The number of fused-ring (bicyclic) bond motifs is 5. The Morgan fingerprint density at radius 1 is 1.08 bits per heavy atom. The SMILES string of the molecule is CCCCOP(=O)(OCCCC)Oc1ccc2nc3c(cc2c1)Cn1c-3cc2c(c1=O)COC(=O)[C@]2(O)CC. The molecular formula is C28H33N2O8P. The molecule has 0 fully saturated rings. The molecule has 1 N–H and O–H groups in total. The zero-order valence-corrected chi connectivity index (χ0v) is 23.3. The predicted octanol–water partition coefficient (Wildman–Crippen LogP) is 5.20. The number of phosphoric ester groups is 1. The van der Waals surface area contributed by atoms with Crippen LogP contribution in [0.3, 0.4) is 0 Å². The van der Waals surface area contributed by atoms with Crippen LogP contribution in [0.4, 0.5) is 0 Å². The van der Waals surface area contributed by atoms with E-state index in [0.29, 0.717) is 22.7 Å². The minimum absolute atomic E-state index is 0.0800. The van der Waals surface area contributed by atoms with Crippen LogP contribution in [0.5, 0.6) is 5.75 Å². The van der Waals surface area contributed by atoms with Crippen LogP contribution < -0.4 is 10.1 Å². The fourth-order valence-corrected chi connectivity index (χ4v) is 6.14. The molecule has 0 amide bonds. The molecule has 1 atom stereocenters. The lowest BCUT2D eigenvalue weighted by Gasteiger charge is -2.31. The molecule has 2 aliphatic rings. The average Bonchev–Trinajstić information content (AvgIpc) is 3.28. The Labute approximate surface area is 226 Å². The molecule has 10 nitrogen and oxygen atoms in total. The van der Waals surface area contributed by atoms with Gasteiger partial charge in [0.15, 0.2) is 5.60 Å². The summed E-state index contributed by atoms with van der Waals surface area (Å²) in [5.41, 5.74) is 0.936. The fourth-order valence-electron chi connectivity index (χ4n) is 4.88. The number of carbonyl (C=O) groups is 1. The number of rotatable bonds is 11. The molecule has 0 unspecified atom stereocenters. The van der Waals surface area contributed by atoms with Gasteiger partial charge in [-0.2, -0.15) is 0 Å². The van der Waals surface area contributed by atoms with Crippen molar-refractivity contribution in [3.8, 4) is 17.1 Å². The van der Waals surface area contributed by atoms with Gasteiger partial charge in [-0.3, -0.25) is 13.8 Å². The van der Waals surface area contributed by atoms with Gasteiger partial charge in [0.05, 0.1) is 42.2 Å². The average molecular weight is 557 g/mol. The van der Waals surface area contributed by atoms with Gasteiger partial charge in [-0.25, -0.2) is 14.3 Å². The maximum absolute atomic E-state index is 13.4. The molecule has 4 heterocycles. The van der Waals surface area contributed by atoms with Crippen LogP contribution in [0.15, 0.2) is 35.1 Å². The highest BCUT2D eigenvalue weighted by Crippen LogP contribution is 2.50. The molecule has 0 spiro atoms. The molecular weight excluding hydrogens is 523 g/mol. The first-order chi connectivity index (χ1) is 18.7. The van der Waals surface area contributed by atoms with E-state index in [-0.39, 0.29) is 49.5 Å². The van der Waals surface area contributed by atoms with Gasteiger partial charge in [0.2, 0.25) is 0 Å². The van der Waals surface area contributed by atoms with Gasteiger partial charge in [-0.15, -0.1) is 0 Å². The lowest BCUT2D eigenvalue weighted by Crippen LogP contribution is -2.44. The van der Waals surface area contributed by atoms with Crippen molar-refractivity contribution >= 4 is 24.7 Å². The van der Waals surface area contributed by atoms with Crippen LogP contribution in [0.1, 0.15) is 69.6 Å². The summed E-state index contributed by atoms with van der Waals surface area (Å²) in [5, 5.41) is 11.8. The van der Waals surface area contributed by atoms with Crippen LogP contribution in [-0.4, -0.2) is 33.8 Å². The van der Waals surface area contributed by atoms with E-state index in [1.165, 1.54) is 0 Å². The molecule has 0 aliphatic carbocycles. The summed E-state index contributed by atoms with van der Waals surface area (Å²) in [6.45, 7) is 6.34. The molecule has 0 bridgehead atoms. The summed E-state index contributed by atoms with van der Waals surface area (Å²) < 4.78 is 36.9. The van der Waals surface area contributed by atoms with Crippen molar-refractivity contribution in [2.24, 2.45) is 0 Å². The Bertz CT molecular complexity index is 1520. The highest BCUT2D eigenvalue weighted by atomic mass is 31.2. The van der Waals surface area contributed by atoms with Crippen molar-refractivity contribution in [1.82, 2.24) is 9.55 Å². The Morgan fingerprint density at radius 3 is 2.46 bits per heavy atom. The van der Waals surface area contributed by atoms with Crippen LogP contribution in [-0.2, 0) is 41.9 Å². The summed E-state index contributed by atoms with van der Waals surface area (Å²) in [4.78, 5) is 30.5. The van der Waals surface area contributed by atoms with E-state index in [2.05, 4.69) is 0 Å². The number of cyclic esters (lactones) is 1. The number of nitrogens with zero attached hydrogens (tertiary/aromatic N) is 2. The smallest absolute Gasteiger partial charge is 0.458 e. The third kappa shape index (κ3) is 5.02. The van der Waals surface area contributed by atoms with Gasteiger partial charge in [0.25, 0.3) is 5.56 Å². The number of carbonyl (C=O) groups excluding carboxylic acids is 1. The lowest BCUT2D eigenvalue weighted by atomic mass is 9.86. The predicted molar refractivity (Wildman–Crippen MR) is 144 cm³/mol. The van der Waals surface area contributed by atoms with E-state index in [9.17, 15) is 19.3 Å². The summed E-state index contributed by atoms with van der Waals surface area (Å²) in [7, 11) is -3.81. The monoisotopic (exact) mass is 556 g/mol. The number of ether oxygens (including phenoxy) is 1. The van der Waals surface area contributed by atoms with Crippen molar-refractivity contribution in [1.29, 1.82) is 0 Å². The van der Waals surface area contributed by atoms with Crippen molar-refractivity contribution in [3.63, 3.8) is 0 Å². The van der Waals surface area contributed by atoms with Gasteiger partial charge in [0.1, 0.15) is 12.4 Å². The first-order valence-corrected chi connectivity index (χ1v) is 14.9. The molecule has 1 aromatic carbocycles. The van der Waals surface area contributed by atoms with Crippen LogP contribution >= 0.6 is 7.82 Å². The van der Waals surface area contributed by atoms with Crippen molar-refractivity contribution in [2.45, 2.75) is 71.6 Å². The van der Waals surface area contributed by atoms with E-state index >= 15 is 0 Å². The third-order valence-electron chi connectivity index (χ3n) is 7.19. The lowest BCUT2D eigenvalue weighted by molar-refractivity contribution is -0.172. The largest absolute Gasteiger partial charge is 0.530 e. The fraction of sp³-hybridized carbons (Fsp3) is 0.464. The zero-order valence-electron chi connectivity index (χ0n) is 22.4. The molecule has 0 saturated carbocycles. The van der Waals surface area contributed by atoms with Crippen molar-refractivity contribution in [2.75, 3.05) is 13.2 Å². The van der Waals surface area contributed by atoms with Gasteiger partial charge >= 0.3 is 13.8 Å². The van der Waals surface area contributed by atoms with Crippen LogP contribution in [0.2, 0.25) is 0 Å². The van der Waals surface area contributed by atoms with Gasteiger partial charge in [-0.1, -0.05) is 33.6 Å². The number of aromatic nitrogens is 2. The second-order valence-electron chi connectivity index (χ2n) is 9.87. The van der Waals surface area contributed by atoms with E-state index in [1.807, 2.05) is 19.9 Å².